The maximum absolute atomic E-state index is 5.72. The van der Waals surface area contributed by atoms with Gasteiger partial charge in [0.1, 0.15) is 0 Å². The van der Waals surface area contributed by atoms with E-state index in [1.165, 1.54) is 44.9 Å². The number of rotatable bonds is 4. The van der Waals surface area contributed by atoms with Crippen LogP contribution in [0.1, 0.15) is 44.9 Å². The van der Waals surface area contributed by atoms with Gasteiger partial charge in [0, 0.05) is 13.2 Å². The second kappa shape index (κ2) is 6.41. The highest BCUT2D eigenvalue weighted by Crippen LogP contribution is 2.30. The zero-order valence-electron chi connectivity index (χ0n) is 10.5. The molecule has 2 rings (SSSR count). The van der Waals surface area contributed by atoms with E-state index < -0.39 is 0 Å². The first-order valence-electron chi connectivity index (χ1n) is 6.87. The molecule has 1 heterocycles. The Bertz CT molecular complexity index is 225. The van der Waals surface area contributed by atoms with Crippen molar-refractivity contribution in [3.8, 4) is 0 Å². The van der Waals surface area contributed by atoms with Crippen LogP contribution >= 0.6 is 0 Å². The van der Waals surface area contributed by atoms with E-state index in [1.54, 1.807) is 5.57 Å². The van der Waals surface area contributed by atoms with Crippen molar-refractivity contribution in [2.75, 3.05) is 20.2 Å². The van der Waals surface area contributed by atoms with Gasteiger partial charge < -0.3 is 10.1 Å². The summed E-state index contributed by atoms with van der Waals surface area (Å²) in [5.74, 6) is 0.824. The molecule has 1 atom stereocenters. The molecule has 1 saturated carbocycles. The van der Waals surface area contributed by atoms with E-state index in [-0.39, 0.29) is 0 Å². The quantitative estimate of drug-likeness (QED) is 0.740. The highest BCUT2D eigenvalue weighted by Gasteiger charge is 2.20. The summed E-state index contributed by atoms with van der Waals surface area (Å²) >= 11 is 0. The maximum atomic E-state index is 5.72. The van der Waals surface area contributed by atoms with Crippen LogP contribution in [0.3, 0.4) is 0 Å². The predicted molar refractivity (Wildman–Crippen MR) is 67.6 cm³/mol. The van der Waals surface area contributed by atoms with Crippen molar-refractivity contribution in [1.29, 1.82) is 0 Å². The van der Waals surface area contributed by atoms with Crippen molar-refractivity contribution in [3.63, 3.8) is 0 Å². The molecule has 1 aliphatic heterocycles. The van der Waals surface area contributed by atoms with Crippen molar-refractivity contribution in [1.82, 2.24) is 5.32 Å². The van der Waals surface area contributed by atoms with Gasteiger partial charge in [0.25, 0.3) is 0 Å². The highest BCUT2D eigenvalue weighted by molar-refractivity contribution is 5.12. The molecule has 2 nitrogen and oxygen atoms in total. The van der Waals surface area contributed by atoms with Crippen LogP contribution in [-0.2, 0) is 4.74 Å². The molecular formula is C14H25NO. The first-order chi connectivity index (χ1) is 7.90. The SMILES string of the molecule is CNCC(=CC1CCCO1)C1CCCCC1. The summed E-state index contributed by atoms with van der Waals surface area (Å²) in [5.41, 5.74) is 1.61. The van der Waals surface area contributed by atoms with Gasteiger partial charge in [0.15, 0.2) is 0 Å². The van der Waals surface area contributed by atoms with Crippen LogP contribution in [0, 0.1) is 5.92 Å². The fraction of sp³-hybridized carbons (Fsp3) is 0.857. The van der Waals surface area contributed by atoms with E-state index in [1.807, 2.05) is 7.05 Å². The Labute approximate surface area is 99.4 Å². The van der Waals surface area contributed by atoms with E-state index in [0.717, 1.165) is 19.1 Å². The molecule has 0 bridgehead atoms. The lowest BCUT2D eigenvalue weighted by Crippen LogP contribution is -2.21. The Balaban J connectivity index is 1.96. The summed E-state index contributed by atoms with van der Waals surface area (Å²) in [5, 5.41) is 3.32. The minimum Gasteiger partial charge on any atom is -0.374 e. The highest BCUT2D eigenvalue weighted by atomic mass is 16.5. The zero-order chi connectivity index (χ0) is 11.2. The Morgan fingerprint density at radius 1 is 1.19 bits per heavy atom. The normalized spacial score (nSPS) is 28.6. The molecule has 1 aliphatic carbocycles. The van der Waals surface area contributed by atoms with Crippen LogP contribution in [0.2, 0.25) is 0 Å². The molecule has 2 aliphatic rings. The van der Waals surface area contributed by atoms with E-state index in [4.69, 9.17) is 4.74 Å². The zero-order valence-corrected chi connectivity index (χ0v) is 10.5. The van der Waals surface area contributed by atoms with Gasteiger partial charge in [0.05, 0.1) is 6.10 Å². The summed E-state index contributed by atoms with van der Waals surface area (Å²) in [6.07, 6.45) is 12.3. The minimum atomic E-state index is 0.408. The number of nitrogens with one attached hydrogen (secondary N) is 1. The predicted octanol–water partition coefficient (Wildman–Crippen LogP) is 2.89. The van der Waals surface area contributed by atoms with Gasteiger partial charge in [-0.15, -0.1) is 0 Å². The van der Waals surface area contributed by atoms with Gasteiger partial charge in [-0.1, -0.05) is 30.9 Å². The Kier molecular flexibility index (Phi) is 4.86. The van der Waals surface area contributed by atoms with Crippen LogP contribution in [0.5, 0.6) is 0 Å². The standard InChI is InChI=1S/C14H25NO/c1-15-11-13(10-14-8-5-9-16-14)12-6-3-2-4-7-12/h10,12,14-15H,2-9,11H2,1H3. The molecule has 0 amide bonds. The third-order valence-electron chi connectivity index (χ3n) is 3.88. The average molecular weight is 223 g/mol. The lowest BCUT2D eigenvalue weighted by atomic mass is 9.83. The third-order valence-corrected chi connectivity index (χ3v) is 3.88. The van der Waals surface area contributed by atoms with Crippen molar-refractivity contribution in [2.45, 2.75) is 51.0 Å². The molecule has 0 radical (unpaired) electrons. The van der Waals surface area contributed by atoms with Gasteiger partial charge in [-0.25, -0.2) is 0 Å². The van der Waals surface area contributed by atoms with Crippen LogP contribution in [0.15, 0.2) is 11.6 Å². The lowest BCUT2D eigenvalue weighted by molar-refractivity contribution is 0.144. The fourth-order valence-electron chi connectivity index (χ4n) is 2.99. The van der Waals surface area contributed by atoms with E-state index >= 15 is 0 Å². The Hall–Kier alpha value is -0.340. The second-order valence-electron chi connectivity index (χ2n) is 5.16. The van der Waals surface area contributed by atoms with E-state index in [9.17, 15) is 0 Å². The first kappa shape index (κ1) is 12.1. The average Bonchev–Trinajstić information content (AvgIpc) is 2.83. The summed E-state index contributed by atoms with van der Waals surface area (Å²) in [4.78, 5) is 0. The topological polar surface area (TPSA) is 21.3 Å². The van der Waals surface area contributed by atoms with Crippen LogP contribution < -0.4 is 5.32 Å². The van der Waals surface area contributed by atoms with Crippen molar-refractivity contribution >= 4 is 0 Å². The smallest absolute Gasteiger partial charge is 0.0759 e. The summed E-state index contributed by atoms with van der Waals surface area (Å²) in [7, 11) is 2.05. The molecule has 92 valence electrons. The van der Waals surface area contributed by atoms with E-state index in [0.29, 0.717) is 6.10 Å². The molecule has 2 fully saturated rings. The Morgan fingerprint density at radius 3 is 2.62 bits per heavy atom. The minimum absolute atomic E-state index is 0.408. The van der Waals surface area contributed by atoms with E-state index in [2.05, 4.69) is 11.4 Å². The number of hydrogen-bond donors (Lipinski definition) is 1. The van der Waals surface area contributed by atoms with Gasteiger partial charge >= 0.3 is 0 Å². The van der Waals surface area contributed by atoms with Gasteiger partial charge in [-0.05, 0) is 38.6 Å². The molecule has 16 heavy (non-hydrogen) atoms. The monoisotopic (exact) mass is 223 g/mol. The third kappa shape index (κ3) is 3.33. The van der Waals surface area contributed by atoms with Gasteiger partial charge in [-0.3, -0.25) is 0 Å². The molecule has 2 heteroatoms. The maximum Gasteiger partial charge on any atom is 0.0759 e. The van der Waals surface area contributed by atoms with Gasteiger partial charge in [-0.2, -0.15) is 0 Å². The van der Waals surface area contributed by atoms with Crippen molar-refractivity contribution in [2.24, 2.45) is 5.92 Å². The van der Waals surface area contributed by atoms with Crippen LogP contribution in [0.25, 0.3) is 0 Å². The molecule has 1 N–H and O–H groups in total. The first-order valence-corrected chi connectivity index (χ1v) is 6.87. The second-order valence-corrected chi connectivity index (χ2v) is 5.16. The summed E-state index contributed by atoms with van der Waals surface area (Å²) in [6.45, 7) is 2.00. The molecule has 1 saturated heterocycles. The molecule has 0 spiro atoms. The molecular weight excluding hydrogens is 198 g/mol. The summed E-state index contributed by atoms with van der Waals surface area (Å²) < 4.78 is 5.72. The molecule has 0 aromatic rings. The number of ether oxygens (including phenoxy) is 1. The Morgan fingerprint density at radius 2 is 2.00 bits per heavy atom. The molecule has 0 aromatic heterocycles. The van der Waals surface area contributed by atoms with Crippen molar-refractivity contribution < 1.29 is 4.74 Å². The lowest BCUT2D eigenvalue weighted by Gasteiger charge is -2.25. The van der Waals surface area contributed by atoms with Crippen LogP contribution in [0.4, 0.5) is 0 Å². The fourth-order valence-corrected chi connectivity index (χ4v) is 2.99. The molecule has 0 aromatic carbocycles. The summed E-state index contributed by atoms with van der Waals surface area (Å²) in [6, 6.07) is 0. The van der Waals surface area contributed by atoms with Gasteiger partial charge in [0.2, 0.25) is 0 Å². The largest absolute Gasteiger partial charge is 0.374 e. The number of hydrogen-bond acceptors (Lipinski definition) is 2. The molecule has 1 unspecified atom stereocenters. The van der Waals surface area contributed by atoms with Crippen molar-refractivity contribution in [3.05, 3.63) is 11.6 Å². The number of likely N-dealkylation sites (N-methyl/N-ethyl adjacent to an activating group) is 1. The van der Waals surface area contributed by atoms with Crippen LogP contribution in [-0.4, -0.2) is 26.3 Å².